The maximum atomic E-state index is 5.90. The number of benzene rings is 1. The highest BCUT2D eigenvalue weighted by Gasteiger charge is 2.16. The van der Waals surface area contributed by atoms with Crippen molar-refractivity contribution < 1.29 is 4.74 Å². The molecule has 0 bridgehead atoms. The van der Waals surface area contributed by atoms with Crippen LogP contribution >= 0.6 is 0 Å². The molecule has 2 rings (SSSR count). The fraction of sp³-hybridized carbons (Fsp3) is 0.588. The maximum absolute atomic E-state index is 5.90. The van der Waals surface area contributed by atoms with E-state index in [9.17, 15) is 0 Å². The number of ether oxygens (including phenoxy) is 1. The molecule has 0 heterocycles. The van der Waals surface area contributed by atoms with Gasteiger partial charge in [-0.05, 0) is 50.6 Å². The van der Waals surface area contributed by atoms with Gasteiger partial charge in [0.15, 0.2) is 5.96 Å². The lowest BCUT2D eigenvalue weighted by molar-refractivity contribution is 0.261. The zero-order valence-corrected chi connectivity index (χ0v) is 13.7. The SMILES string of the molecule is CN(C)CCOc1cccc(CN=C(N)NCC2CCC2)c1. The predicted molar refractivity (Wildman–Crippen MR) is 91.2 cm³/mol. The van der Waals surface area contributed by atoms with Gasteiger partial charge in [-0.25, -0.2) is 4.99 Å². The Hall–Kier alpha value is -1.75. The van der Waals surface area contributed by atoms with E-state index in [0.29, 0.717) is 19.1 Å². The first-order valence-electron chi connectivity index (χ1n) is 8.04. The van der Waals surface area contributed by atoms with Crippen LogP contribution in [0.2, 0.25) is 0 Å². The minimum Gasteiger partial charge on any atom is -0.492 e. The quantitative estimate of drug-likeness (QED) is 0.568. The summed E-state index contributed by atoms with van der Waals surface area (Å²) in [5, 5.41) is 3.21. The van der Waals surface area contributed by atoms with Gasteiger partial charge in [-0.3, -0.25) is 0 Å². The van der Waals surface area contributed by atoms with Gasteiger partial charge in [0.2, 0.25) is 0 Å². The van der Waals surface area contributed by atoms with E-state index in [1.54, 1.807) is 0 Å². The normalized spacial score (nSPS) is 15.7. The second-order valence-electron chi connectivity index (χ2n) is 6.18. The van der Waals surface area contributed by atoms with Gasteiger partial charge in [0.1, 0.15) is 12.4 Å². The molecule has 0 radical (unpaired) electrons. The highest BCUT2D eigenvalue weighted by molar-refractivity contribution is 5.77. The van der Waals surface area contributed by atoms with Gasteiger partial charge in [-0.15, -0.1) is 0 Å². The maximum Gasteiger partial charge on any atom is 0.188 e. The average Bonchev–Trinajstić information content (AvgIpc) is 2.43. The molecule has 0 aromatic heterocycles. The molecule has 1 aliphatic carbocycles. The van der Waals surface area contributed by atoms with E-state index in [0.717, 1.165) is 30.3 Å². The Morgan fingerprint density at radius 3 is 2.91 bits per heavy atom. The summed E-state index contributed by atoms with van der Waals surface area (Å²) in [6, 6.07) is 8.04. The fourth-order valence-electron chi connectivity index (χ4n) is 2.26. The molecule has 122 valence electrons. The number of rotatable bonds is 8. The largest absolute Gasteiger partial charge is 0.492 e. The minimum absolute atomic E-state index is 0.533. The van der Waals surface area contributed by atoms with Gasteiger partial charge in [0.05, 0.1) is 6.54 Å². The van der Waals surface area contributed by atoms with E-state index in [-0.39, 0.29) is 0 Å². The number of hydrogen-bond donors (Lipinski definition) is 2. The molecule has 5 nitrogen and oxygen atoms in total. The van der Waals surface area contributed by atoms with Crippen molar-refractivity contribution in [3.05, 3.63) is 29.8 Å². The molecule has 0 saturated heterocycles. The summed E-state index contributed by atoms with van der Waals surface area (Å²) < 4.78 is 5.73. The van der Waals surface area contributed by atoms with E-state index in [1.807, 2.05) is 38.4 Å². The number of likely N-dealkylation sites (N-methyl/N-ethyl adjacent to an activating group) is 1. The second-order valence-corrected chi connectivity index (χ2v) is 6.18. The average molecular weight is 304 g/mol. The summed E-state index contributed by atoms with van der Waals surface area (Å²) in [6.45, 7) is 3.11. The Labute approximate surface area is 133 Å². The summed E-state index contributed by atoms with van der Waals surface area (Å²) in [7, 11) is 4.07. The first kappa shape index (κ1) is 16.6. The van der Waals surface area contributed by atoms with Crippen molar-refractivity contribution in [2.24, 2.45) is 16.6 Å². The Balaban J connectivity index is 1.76. The third-order valence-electron chi connectivity index (χ3n) is 3.93. The van der Waals surface area contributed by atoms with Crippen LogP contribution in [0.15, 0.2) is 29.3 Å². The standard InChI is InChI=1S/C17H28N4O/c1-21(2)9-10-22-16-8-4-7-15(11-16)13-20-17(18)19-12-14-5-3-6-14/h4,7-8,11,14H,3,5-6,9-10,12-13H2,1-2H3,(H3,18,19,20). The van der Waals surface area contributed by atoms with Gasteiger partial charge < -0.3 is 20.7 Å². The van der Waals surface area contributed by atoms with Gasteiger partial charge in [-0.1, -0.05) is 18.6 Å². The molecular formula is C17H28N4O. The van der Waals surface area contributed by atoms with Crippen molar-refractivity contribution >= 4 is 5.96 Å². The van der Waals surface area contributed by atoms with Crippen molar-refractivity contribution in [1.82, 2.24) is 10.2 Å². The summed E-state index contributed by atoms with van der Waals surface area (Å²) >= 11 is 0. The Kier molecular flexibility index (Phi) is 6.52. The molecule has 1 aromatic rings. The van der Waals surface area contributed by atoms with E-state index in [1.165, 1.54) is 19.3 Å². The van der Waals surface area contributed by atoms with Crippen LogP contribution in [0.3, 0.4) is 0 Å². The Bertz CT molecular complexity index is 483. The fourth-order valence-corrected chi connectivity index (χ4v) is 2.26. The molecule has 5 heteroatoms. The smallest absolute Gasteiger partial charge is 0.188 e. The van der Waals surface area contributed by atoms with Crippen molar-refractivity contribution in [2.75, 3.05) is 33.8 Å². The van der Waals surface area contributed by atoms with E-state index in [2.05, 4.69) is 15.2 Å². The molecule has 0 atom stereocenters. The first-order valence-corrected chi connectivity index (χ1v) is 8.04. The third-order valence-corrected chi connectivity index (χ3v) is 3.93. The van der Waals surface area contributed by atoms with Gasteiger partial charge in [0.25, 0.3) is 0 Å². The molecular weight excluding hydrogens is 276 g/mol. The summed E-state index contributed by atoms with van der Waals surface area (Å²) in [5.41, 5.74) is 7.01. The van der Waals surface area contributed by atoms with E-state index in [4.69, 9.17) is 10.5 Å². The summed E-state index contributed by atoms with van der Waals surface area (Å²) in [5.74, 6) is 2.20. The van der Waals surface area contributed by atoms with Crippen LogP contribution in [0.4, 0.5) is 0 Å². The van der Waals surface area contributed by atoms with E-state index >= 15 is 0 Å². The van der Waals surface area contributed by atoms with Gasteiger partial charge in [0, 0.05) is 13.1 Å². The molecule has 0 amide bonds. The molecule has 1 aromatic carbocycles. The number of nitrogens with zero attached hydrogens (tertiary/aromatic N) is 2. The molecule has 1 aliphatic rings. The van der Waals surface area contributed by atoms with Crippen molar-refractivity contribution in [3.8, 4) is 5.75 Å². The van der Waals surface area contributed by atoms with Crippen LogP contribution < -0.4 is 15.8 Å². The lowest BCUT2D eigenvalue weighted by Gasteiger charge is -2.25. The number of hydrogen-bond acceptors (Lipinski definition) is 3. The lowest BCUT2D eigenvalue weighted by atomic mass is 9.85. The minimum atomic E-state index is 0.533. The first-order chi connectivity index (χ1) is 10.6. The van der Waals surface area contributed by atoms with Crippen LogP contribution in [0.25, 0.3) is 0 Å². The second kappa shape index (κ2) is 8.63. The third kappa shape index (κ3) is 5.93. The van der Waals surface area contributed by atoms with Gasteiger partial charge >= 0.3 is 0 Å². The highest BCUT2D eigenvalue weighted by Crippen LogP contribution is 2.25. The topological polar surface area (TPSA) is 62.9 Å². The number of aliphatic imine (C=N–C) groups is 1. The highest BCUT2D eigenvalue weighted by atomic mass is 16.5. The molecule has 0 aliphatic heterocycles. The Morgan fingerprint density at radius 1 is 1.41 bits per heavy atom. The molecule has 3 N–H and O–H groups in total. The summed E-state index contributed by atoms with van der Waals surface area (Å²) in [4.78, 5) is 6.49. The molecule has 0 unspecified atom stereocenters. The number of nitrogens with one attached hydrogen (secondary N) is 1. The predicted octanol–water partition coefficient (Wildman–Crippen LogP) is 1.83. The van der Waals surface area contributed by atoms with E-state index < -0.39 is 0 Å². The summed E-state index contributed by atoms with van der Waals surface area (Å²) in [6.07, 6.45) is 3.98. The number of guanidine groups is 1. The Morgan fingerprint density at radius 2 is 2.23 bits per heavy atom. The van der Waals surface area contributed by atoms with Crippen LogP contribution in [0, 0.1) is 5.92 Å². The van der Waals surface area contributed by atoms with Crippen LogP contribution in [-0.2, 0) is 6.54 Å². The lowest BCUT2D eigenvalue weighted by Crippen LogP contribution is -2.37. The van der Waals surface area contributed by atoms with Crippen molar-refractivity contribution in [3.63, 3.8) is 0 Å². The molecule has 22 heavy (non-hydrogen) atoms. The zero-order chi connectivity index (χ0) is 15.8. The van der Waals surface area contributed by atoms with Gasteiger partial charge in [-0.2, -0.15) is 0 Å². The molecule has 1 saturated carbocycles. The molecule has 0 spiro atoms. The van der Waals surface area contributed by atoms with Crippen molar-refractivity contribution in [2.45, 2.75) is 25.8 Å². The van der Waals surface area contributed by atoms with Crippen LogP contribution in [0.5, 0.6) is 5.75 Å². The van der Waals surface area contributed by atoms with Crippen molar-refractivity contribution in [1.29, 1.82) is 0 Å². The molecule has 1 fully saturated rings. The van der Waals surface area contributed by atoms with Crippen LogP contribution in [0.1, 0.15) is 24.8 Å². The van der Waals surface area contributed by atoms with Crippen LogP contribution in [-0.4, -0.2) is 44.7 Å². The monoisotopic (exact) mass is 304 g/mol. The number of nitrogens with two attached hydrogens (primary N) is 1. The zero-order valence-electron chi connectivity index (χ0n) is 13.7.